The molecule has 0 amide bonds. The lowest BCUT2D eigenvalue weighted by Crippen LogP contribution is -2.35. The van der Waals surface area contributed by atoms with Crippen LogP contribution in [0.1, 0.15) is 19.3 Å². The van der Waals surface area contributed by atoms with Gasteiger partial charge in [-0.15, -0.1) is 18.8 Å². The van der Waals surface area contributed by atoms with Gasteiger partial charge in [-0.3, -0.25) is 0 Å². The highest BCUT2D eigenvalue weighted by molar-refractivity contribution is 5.85. The van der Waals surface area contributed by atoms with E-state index in [1.807, 2.05) is 0 Å². The zero-order valence-electron chi connectivity index (χ0n) is 5.39. The Kier molecular flexibility index (Phi) is 3.03. The van der Waals surface area contributed by atoms with Crippen molar-refractivity contribution in [2.45, 2.75) is 19.3 Å². The second kappa shape index (κ2) is 3.10. The highest BCUT2D eigenvalue weighted by Gasteiger charge is 2.32. The fraction of sp³-hybridized carbons (Fsp3) is 0.714. The molecule has 1 aliphatic rings. The average Bonchev–Trinajstić information content (AvgIpc) is 1.67. The van der Waals surface area contributed by atoms with Crippen LogP contribution in [0.4, 0.5) is 0 Å². The molecular formula is C7H12ClN. The topological polar surface area (TPSA) is 26.0 Å². The van der Waals surface area contributed by atoms with Crippen LogP contribution in [0.5, 0.6) is 0 Å². The summed E-state index contributed by atoms with van der Waals surface area (Å²) in [4.78, 5) is 0. The second-order valence-corrected chi connectivity index (χ2v) is 2.48. The van der Waals surface area contributed by atoms with Crippen molar-refractivity contribution in [2.75, 3.05) is 6.54 Å². The lowest BCUT2D eigenvalue weighted by Gasteiger charge is -2.35. The highest BCUT2D eigenvalue weighted by atomic mass is 35.5. The van der Waals surface area contributed by atoms with E-state index in [9.17, 15) is 0 Å². The molecule has 0 aromatic carbocycles. The maximum absolute atomic E-state index is 5.44. The van der Waals surface area contributed by atoms with Crippen LogP contribution in [-0.2, 0) is 0 Å². The molecule has 0 bridgehead atoms. The van der Waals surface area contributed by atoms with Crippen LogP contribution >= 0.6 is 12.4 Å². The predicted octanol–water partition coefficient (Wildman–Crippen LogP) is 1.17. The minimum absolute atomic E-state index is 0. The first-order valence-corrected chi connectivity index (χ1v) is 3.01. The van der Waals surface area contributed by atoms with Crippen LogP contribution in [0, 0.1) is 17.8 Å². The van der Waals surface area contributed by atoms with Gasteiger partial charge in [0.2, 0.25) is 0 Å². The Bertz CT molecular complexity index is 116. The molecule has 0 aliphatic heterocycles. The lowest BCUT2D eigenvalue weighted by atomic mass is 9.70. The molecule has 1 nitrogen and oxygen atoms in total. The van der Waals surface area contributed by atoms with Gasteiger partial charge in [0.05, 0.1) is 0 Å². The molecule has 1 saturated carbocycles. The van der Waals surface area contributed by atoms with E-state index >= 15 is 0 Å². The summed E-state index contributed by atoms with van der Waals surface area (Å²) in [6.45, 7) is 0.670. The lowest BCUT2D eigenvalue weighted by molar-refractivity contribution is 0.229. The SMILES string of the molecule is C#CC1(CN)CCC1.Cl. The van der Waals surface area contributed by atoms with E-state index < -0.39 is 0 Å². The molecule has 0 aromatic heterocycles. The smallest absolute Gasteiger partial charge is 0.0434 e. The quantitative estimate of drug-likeness (QED) is 0.551. The van der Waals surface area contributed by atoms with Crippen LogP contribution < -0.4 is 5.73 Å². The zero-order valence-corrected chi connectivity index (χ0v) is 6.21. The van der Waals surface area contributed by atoms with Gasteiger partial charge in [0.15, 0.2) is 0 Å². The van der Waals surface area contributed by atoms with Gasteiger partial charge in [0.25, 0.3) is 0 Å². The molecule has 0 atom stereocenters. The van der Waals surface area contributed by atoms with Gasteiger partial charge in [-0.05, 0) is 12.8 Å². The summed E-state index contributed by atoms with van der Waals surface area (Å²) < 4.78 is 0. The van der Waals surface area contributed by atoms with E-state index in [1.54, 1.807) is 0 Å². The normalized spacial score (nSPS) is 20.9. The standard InChI is InChI=1S/C7H11N.ClH/c1-2-7(6-8)4-3-5-7;/h1H,3-6,8H2;1H. The largest absolute Gasteiger partial charge is 0.329 e. The van der Waals surface area contributed by atoms with Gasteiger partial charge in [0, 0.05) is 12.0 Å². The highest BCUT2D eigenvalue weighted by Crippen LogP contribution is 2.38. The minimum atomic E-state index is 0. The van der Waals surface area contributed by atoms with Gasteiger partial charge >= 0.3 is 0 Å². The Morgan fingerprint density at radius 2 is 2.11 bits per heavy atom. The Hall–Kier alpha value is -0.190. The van der Waals surface area contributed by atoms with E-state index in [-0.39, 0.29) is 17.8 Å². The summed E-state index contributed by atoms with van der Waals surface area (Å²) in [5.41, 5.74) is 5.55. The Balaban J connectivity index is 0.000000640. The number of nitrogens with two attached hydrogens (primary N) is 1. The first-order chi connectivity index (χ1) is 3.83. The monoisotopic (exact) mass is 145 g/mol. The van der Waals surface area contributed by atoms with Gasteiger partial charge in [-0.25, -0.2) is 0 Å². The third kappa shape index (κ3) is 1.38. The molecule has 0 spiro atoms. The van der Waals surface area contributed by atoms with Gasteiger partial charge in [0.1, 0.15) is 0 Å². The molecule has 0 saturated heterocycles. The molecule has 2 N–H and O–H groups in total. The summed E-state index contributed by atoms with van der Waals surface area (Å²) >= 11 is 0. The number of terminal acetylenes is 1. The molecule has 2 heteroatoms. The van der Waals surface area contributed by atoms with Crippen molar-refractivity contribution >= 4 is 12.4 Å². The van der Waals surface area contributed by atoms with Crippen molar-refractivity contribution in [1.29, 1.82) is 0 Å². The van der Waals surface area contributed by atoms with Crippen molar-refractivity contribution < 1.29 is 0 Å². The molecule has 1 rings (SSSR count). The van der Waals surface area contributed by atoms with Crippen molar-refractivity contribution in [2.24, 2.45) is 11.1 Å². The third-order valence-corrected chi connectivity index (χ3v) is 2.01. The molecule has 0 heterocycles. The van der Waals surface area contributed by atoms with Crippen LogP contribution in [0.3, 0.4) is 0 Å². The first kappa shape index (κ1) is 8.81. The van der Waals surface area contributed by atoms with Crippen molar-refractivity contribution in [3.8, 4) is 12.3 Å². The van der Waals surface area contributed by atoms with Gasteiger partial charge in [-0.2, -0.15) is 0 Å². The number of hydrogen-bond donors (Lipinski definition) is 1. The Morgan fingerprint density at radius 1 is 1.56 bits per heavy atom. The maximum Gasteiger partial charge on any atom is 0.0434 e. The van der Waals surface area contributed by atoms with E-state index in [4.69, 9.17) is 12.2 Å². The van der Waals surface area contributed by atoms with Crippen LogP contribution in [0.25, 0.3) is 0 Å². The molecule has 9 heavy (non-hydrogen) atoms. The Morgan fingerprint density at radius 3 is 2.11 bits per heavy atom. The van der Waals surface area contributed by atoms with Gasteiger partial charge < -0.3 is 5.73 Å². The predicted molar refractivity (Wildman–Crippen MR) is 41.4 cm³/mol. The van der Waals surface area contributed by atoms with Crippen LogP contribution in [-0.4, -0.2) is 6.54 Å². The maximum atomic E-state index is 5.44. The molecule has 0 radical (unpaired) electrons. The molecule has 1 aliphatic carbocycles. The van der Waals surface area contributed by atoms with Crippen molar-refractivity contribution in [3.05, 3.63) is 0 Å². The van der Waals surface area contributed by atoms with Crippen LogP contribution in [0.2, 0.25) is 0 Å². The molecule has 1 fully saturated rings. The van der Waals surface area contributed by atoms with Crippen LogP contribution in [0.15, 0.2) is 0 Å². The van der Waals surface area contributed by atoms with E-state index in [2.05, 4.69) is 5.92 Å². The molecular weight excluding hydrogens is 134 g/mol. The van der Waals surface area contributed by atoms with Crippen molar-refractivity contribution in [1.82, 2.24) is 0 Å². The molecule has 0 unspecified atom stereocenters. The number of halogens is 1. The summed E-state index contributed by atoms with van der Waals surface area (Å²) in [6, 6.07) is 0. The van der Waals surface area contributed by atoms with E-state index in [0.29, 0.717) is 6.54 Å². The molecule has 0 aromatic rings. The van der Waals surface area contributed by atoms with E-state index in [0.717, 1.165) is 12.8 Å². The summed E-state index contributed by atoms with van der Waals surface area (Å²) in [5, 5.41) is 0. The molecule has 52 valence electrons. The fourth-order valence-electron chi connectivity index (χ4n) is 1.01. The first-order valence-electron chi connectivity index (χ1n) is 3.01. The average molecular weight is 146 g/mol. The summed E-state index contributed by atoms with van der Waals surface area (Å²) in [7, 11) is 0. The van der Waals surface area contributed by atoms with E-state index in [1.165, 1.54) is 6.42 Å². The number of hydrogen-bond acceptors (Lipinski definition) is 1. The minimum Gasteiger partial charge on any atom is -0.329 e. The zero-order chi connectivity index (χ0) is 6.04. The second-order valence-electron chi connectivity index (χ2n) is 2.48. The Labute approximate surface area is 62.4 Å². The number of rotatable bonds is 1. The third-order valence-electron chi connectivity index (χ3n) is 2.01. The van der Waals surface area contributed by atoms with Gasteiger partial charge in [-0.1, -0.05) is 12.3 Å². The van der Waals surface area contributed by atoms with Crippen molar-refractivity contribution in [3.63, 3.8) is 0 Å². The summed E-state index contributed by atoms with van der Waals surface area (Å²) in [6.07, 6.45) is 8.79. The summed E-state index contributed by atoms with van der Waals surface area (Å²) in [5.74, 6) is 2.74. The fourth-order valence-corrected chi connectivity index (χ4v) is 1.01.